The fourth-order valence-corrected chi connectivity index (χ4v) is 4.47. The number of anilines is 1. The Kier molecular flexibility index (Phi) is 6.93. The van der Waals surface area contributed by atoms with Crippen LogP contribution in [0.1, 0.15) is 42.4 Å². The first-order valence-electron chi connectivity index (χ1n) is 11.0. The van der Waals surface area contributed by atoms with Crippen LogP contribution in [0, 0.1) is 6.92 Å². The molecule has 1 saturated heterocycles. The van der Waals surface area contributed by atoms with Crippen molar-refractivity contribution >= 4 is 33.9 Å². The van der Waals surface area contributed by atoms with Gasteiger partial charge in [-0.25, -0.2) is 0 Å². The van der Waals surface area contributed by atoms with Crippen molar-refractivity contribution in [2.24, 2.45) is 0 Å². The zero-order chi connectivity index (χ0) is 24.2. The lowest BCUT2D eigenvalue weighted by molar-refractivity contribution is -0.132. The first-order chi connectivity index (χ1) is 16.4. The van der Waals surface area contributed by atoms with E-state index in [1.54, 1.807) is 49.4 Å². The highest BCUT2D eigenvalue weighted by atomic mass is 32.1. The highest BCUT2D eigenvalue weighted by molar-refractivity contribution is 7.15. The number of Topliss-reactive ketones (excluding diaryl/α,β-unsaturated/α-hetero) is 1. The molecule has 9 heteroatoms. The first kappa shape index (κ1) is 23.4. The standard InChI is InChI=1S/C25H25N3O5S/c1-4-13-33-19-8-6-7-17(14-19)21-20(22(29)16-9-11-18(12-10-16)32-5-2)23(30)24(31)28(21)25-27-26-15(3)34-25/h6-12,14,21,29H,4-5,13H2,1-3H3/b22-20+. The second kappa shape index (κ2) is 10.0. The van der Waals surface area contributed by atoms with E-state index >= 15 is 0 Å². The number of rotatable bonds is 8. The number of amides is 1. The van der Waals surface area contributed by atoms with Crippen LogP contribution >= 0.6 is 11.3 Å². The fraction of sp³-hybridized carbons (Fsp3) is 0.280. The average Bonchev–Trinajstić information content (AvgIpc) is 3.38. The molecular weight excluding hydrogens is 454 g/mol. The van der Waals surface area contributed by atoms with E-state index in [0.717, 1.165) is 6.42 Å². The number of aromatic nitrogens is 2. The number of aliphatic hydroxyl groups excluding tert-OH is 1. The lowest BCUT2D eigenvalue weighted by atomic mass is 9.95. The van der Waals surface area contributed by atoms with Crippen molar-refractivity contribution in [3.63, 3.8) is 0 Å². The van der Waals surface area contributed by atoms with Crippen LogP contribution in [0.3, 0.4) is 0 Å². The molecule has 1 atom stereocenters. The van der Waals surface area contributed by atoms with E-state index in [1.165, 1.54) is 16.2 Å². The van der Waals surface area contributed by atoms with Crippen LogP contribution in [0.4, 0.5) is 5.13 Å². The molecule has 1 aliphatic heterocycles. The van der Waals surface area contributed by atoms with Gasteiger partial charge < -0.3 is 14.6 Å². The lowest BCUT2D eigenvalue weighted by Crippen LogP contribution is -2.29. The minimum absolute atomic E-state index is 0.0188. The smallest absolute Gasteiger partial charge is 0.301 e. The molecule has 1 amide bonds. The van der Waals surface area contributed by atoms with Crippen LogP contribution in [0.15, 0.2) is 54.1 Å². The molecule has 1 fully saturated rings. The third-order valence-electron chi connectivity index (χ3n) is 5.25. The molecule has 176 valence electrons. The quantitative estimate of drug-likeness (QED) is 0.285. The van der Waals surface area contributed by atoms with E-state index in [-0.39, 0.29) is 16.5 Å². The van der Waals surface area contributed by atoms with Crippen molar-refractivity contribution in [1.29, 1.82) is 0 Å². The number of hydrogen-bond donors (Lipinski definition) is 1. The molecule has 0 radical (unpaired) electrons. The monoisotopic (exact) mass is 479 g/mol. The van der Waals surface area contributed by atoms with Gasteiger partial charge in [-0.3, -0.25) is 14.5 Å². The zero-order valence-electron chi connectivity index (χ0n) is 19.1. The predicted octanol–water partition coefficient (Wildman–Crippen LogP) is 4.66. The minimum Gasteiger partial charge on any atom is -0.507 e. The Morgan fingerprint density at radius 3 is 2.47 bits per heavy atom. The number of benzene rings is 2. The van der Waals surface area contributed by atoms with Crippen LogP contribution < -0.4 is 14.4 Å². The van der Waals surface area contributed by atoms with Gasteiger partial charge in [0.15, 0.2) is 0 Å². The summed E-state index contributed by atoms with van der Waals surface area (Å²) in [5.41, 5.74) is 1.00. The molecular formula is C25H25N3O5S. The van der Waals surface area contributed by atoms with Crippen LogP contribution in [0.25, 0.3) is 5.76 Å². The lowest BCUT2D eigenvalue weighted by Gasteiger charge is -2.23. The molecule has 3 aromatic rings. The summed E-state index contributed by atoms with van der Waals surface area (Å²) in [6.45, 7) is 6.70. The van der Waals surface area contributed by atoms with Crippen LogP contribution in [-0.4, -0.2) is 40.2 Å². The summed E-state index contributed by atoms with van der Waals surface area (Å²) in [5.74, 6) is -0.576. The van der Waals surface area contributed by atoms with E-state index in [0.29, 0.717) is 40.8 Å². The Hall–Kier alpha value is -3.72. The van der Waals surface area contributed by atoms with E-state index in [2.05, 4.69) is 10.2 Å². The van der Waals surface area contributed by atoms with Crippen molar-refractivity contribution in [1.82, 2.24) is 10.2 Å². The second-order valence-electron chi connectivity index (χ2n) is 7.65. The summed E-state index contributed by atoms with van der Waals surface area (Å²) in [6.07, 6.45) is 0.838. The van der Waals surface area contributed by atoms with Crippen molar-refractivity contribution in [2.45, 2.75) is 33.2 Å². The van der Waals surface area contributed by atoms with Gasteiger partial charge in [0, 0.05) is 5.56 Å². The molecule has 0 bridgehead atoms. The summed E-state index contributed by atoms with van der Waals surface area (Å²) in [6, 6.07) is 13.0. The van der Waals surface area contributed by atoms with Gasteiger partial charge in [-0.15, -0.1) is 10.2 Å². The highest BCUT2D eigenvalue weighted by Gasteiger charge is 2.48. The highest BCUT2D eigenvalue weighted by Crippen LogP contribution is 2.43. The minimum atomic E-state index is -0.885. The number of aryl methyl sites for hydroxylation is 1. The molecule has 0 saturated carbocycles. The van der Waals surface area contributed by atoms with Gasteiger partial charge in [0.05, 0.1) is 24.8 Å². The van der Waals surface area contributed by atoms with Gasteiger partial charge in [0.1, 0.15) is 22.3 Å². The summed E-state index contributed by atoms with van der Waals surface area (Å²) < 4.78 is 11.2. The molecule has 34 heavy (non-hydrogen) atoms. The number of nitrogens with zero attached hydrogens (tertiary/aromatic N) is 3. The van der Waals surface area contributed by atoms with Gasteiger partial charge in [-0.1, -0.05) is 30.4 Å². The Balaban J connectivity index is 1.86. The maximum atomic E-state index is 13.2. The maximum absolute atomic E-state index is 13.2. The number of carbonyl (C=O) groups excluding carboxylic acids is 2. The van der Waals surface area contributed by atoms with Gasteiger partial charge in [0.25, 0.3) is 5.78 Å². The molecule has 8 nitrogen and oxygen atoms in total. The normalized spacial score (nSPS) is 17.3. The maximum Gasteiger partial charge on any atom is 0.301 e. The molecule has 1 unspecified atom stereocenters. The Morgan fingerprint density at radius 1 is 1.06 bits per heavy atom. The molecule has 0 spiro atoms. The zero-order valence-corrected chi connectivity index (χ0v) is 20.0. The molecule has 2 aromatic carbocycles. The van der Waals surface area contributed by atoms with Gasteiger partial charge in [-0.05, 0) is 62.2 Å². The van der Waals surface area contributed by atoms with Crippen molar-refractivity contribution in [3.05, 3.63) is 70.2 Å². The Morgan fingerprint density at radius 2 is 1.82 bits per heavy atom. The van der Waals surface area contributed by atoms with Crippen molar-refractivity contribution in [2.75, 3.05) is 18.1 Å². The number of ether oxygens (including phenoxy) is 2. The van der Waals surface area contributed by atoms with E-state index in [1.807, 2.05) is 19.9 Å². The van der Waals surface area contributed by atoms with E-state index in [9.17, 15) is 14.7 Å². The molecule has 2 heterocycles. The fourth-order valence-electron chi connectivity index (χ4n) is 3.75. The number of hydrogen-bond acceptors (Lipinski definition) is 8. The number of aliphatic hydroxyl groups is 1. The molecule has 4 rings (SSSR count). The van der Waals surface area contributed by atoms with Gasteiger partial charge in [0.2, 0.25) is 5.13 Å². The molecule has 1 aliphatic rings. The predicted molar refractivity (Wildman–Crippen MR) is 129 cm³/mol. The third-order valence-corrected chi connectivity index (χ3v) is 6.09. The van der Waals surface area contributed by atoms with Crippen LogP contribution in [0.2, 0.25) is 0 Å². The Bertz CT molecular complexity index is 1240. The summed E-state index contributed by atoms with van der Waals surface area (Å²) in [4.78, 5) is 27.7. The van der Waals surface area contributed by atoms with Crippen molar-refractivity contribution < 1.29 is 24.2 Å². The first-order valence-corrected chi connectivity index (χ1v) is 11.8. The summed E-state index contributed by atoms with van der Waals surface area (Å²) in [7, 11) is 0. The SMILES string of the molecule is CCCOc1cccc(C2/C(=C(\O)c3ccc(OCC)cc3)C(=O)C(=O)N2c2nnc(C)s2)c1. The number of carbonyl (C=O) groups is 2. The van der Waals surface area contributed by atoms with Gasteiger partial charge in [-0.2, -0.15) is 0 Å². The Labute approximate surface area is 201 Å². The van der Waals surface area contributed by atoms with Crippen LogP contribution in [0.5, 0.6) is 11.5 Å². The summed E-state index contributed by atoms with van der Waals surface area (Å²) >= 11 is 1.20. The summed E-state index contributed by atoms with van der Waals surface area (Å²) in [5, 5.41) is 20.3. The third kappa shape index (κ3) is 4.51. The largest absolute Gasteiger partial charge is 0.507 e. The average molecular weight is 480 g/mol. The second-order valence-corrected chi connectivity index (χ2v) is 8.81. The molecule has 0 aliphatic carbocycles. The molecule has 1 aromatic heterocycles. The molecule has 1 N–H and O–H groups in total. The number of ketones is 1. The van der Waals surface area contributed by atoms with Crippen LogP contribution in [-0.2, 0) is 9.59 Å². The van der Waals surface area contributed by atoms with E-state index in [4.69, 9.17) is 9.47 Å². The van der Waals surface area contributed by atoms with E-state index < -0.39 is 17.7 Å². The van der Waals surface area contributed by atoms with Gasteiger partial charge >= 0.3 is 5.91 Å². The van der Waals surface area contributed by atoms with Crippen molar-refractivity contribution in [3.8, 4) is 11.5 Å². The topological polar surface area (TPSA) is 102 Å².